The molecule has 0 bridgehead atoms. The van der Waals surface area contributed by atoms with Gasteiger partial charge < -0.3 is 9.47 Å². The highest BCUT2D eigenvalue weighted by Crippen LogP contribution is 2.19. The lowest BCUT2D eigenvalue weighted by Gasteiger charge is -2.07. The molecule has 2 rings (SSSR count). The normalized spacial score (nSPS) is 10.0. The first-order valence-corrected chi connectivity index (χ1v) is 5.59. The molecule has 19 heavy (non-hydrogen) atoms. The number of carbonyl (C=O) groups excluding carboxylic acids is 1. The summed E-state index contributed by atoms with van der Waals surface area (Å²) in [6.45, 7) is 0.211. The van der Waals surface area contributed by atoms with Crippen molar-refractivity contribution in [2.45, 2.75) is 6.61 Å². The van der Waals surface area contributed by atoms with E-state index in [9.17, 15) is 9.18 Å². The topological polar surface area (TPSA) is 48.4 Å². The van der Waals surface area contributed by atoms with Gasteiger partial charge in [0, 0.05) is 0 Å². The molecule has 0 saturated carbocycles. The third-order valence-electron chi connectivity index (χ3n) is 2.50. The molecule has 0 spiro atoms. The Labute approximate surface area is 109 Å². The van der Waals surface area contributed by atoms with Crippen molar-refractivity contribution in [3.8, 4) is 11.5 Å². The molecule has 2 aromatic rings. The highest BCUT2D eigenvalue weighted by atomic mass is 19.1. The Morgan fingerprint density at radius 1 is 1.32 bits per heavy atom. The number of halogens is 1. The van der Waals surface area contributed by atoms with Crippen LogP contribution in [0, 0.1) is 5.82 Å². The highest BCUT2D eigenvalue weighted by molar-refractivity contribution is 5.71. The monoisotopic (exact) mass is 261 g/mol. The van der Waals surface area contributed by atoms with Crippen molar-refractivity contribution in [3.05, 3.63) is 53.6 Å². The predicted octanol–water partition coefficient (Wildman–Crippen LogP) is 2.62. The zero-order valence-electron chi connectivity index (χ0n) is 10.3. The third-order valence-corrected chi connectivity index (χ3v) is 2.50. The molecule has 0 fully saturated rings. The van der Waals surface area contributed by atoms with Crippen LogP contribution in [0.1, 0.15) is 16.1 Å². The molecule has 4 nitrogen and oxygen atoms in total. The minimum atomic E-state index is -0.432. The minimum Gasteiger partial charge on any atom is -0.494 e. The molecule has 0 amide bonds. The molecule has 0 atom stereocenters. The summed E-state index contributed by atoms with van der Waals surface area (Å²) in [5.74, 6) is 0.278. The molecular formula is C14H12FNO3. The number of ether oxygens (including phenoxy) is 2. The van der Waals surface area contributed by atoms with Gasteiger partial charge in [0.15, 0.2) is 17.9 Å². The van der Waals surface area contributed by atoms with Gasteiger partial charge >= 0.3 is 0 Å². The van der Waals surface area contributed by atoms with Crippen LogP contribution in [0.3, 0.4) is 0 Å². The molecule has 0 unspecified atom stereocenters. The van der Waals surface area contributed by atoms with E-state index in [-0.39, 0.29) is 12.4 Å². The van der Waals surface area contributed by atoms with Crippen LogP contribution < -0.4 is 9.47 Å². The van der Waals surface area contributed by atoms with Gasteiger partial charge in [-0.05, 0) is 29.8 Å². The quantitative estimate of drug-likeness (QED) is 0.776. The zero-order chi connectivity index (χ0) is 13.7. The van der Waals surface area contributed by atoms with Gasteiger partial charge in [-0.15, -0.1) is 0 Å². The van der Waals surface area contributed by atoms with E-state index in [1.165, 1.54) is 19.4 Å². The summed E-state index contributed by atoms with van der Waals surface area (Å²) in [5.41, 5.74) is 1.01. The van der Waals surface area contributed by atoms with Gasteiger partial charge in [0.1, 0.15) is 18.1 Å². The molecule has 0 aliphatic rings. The van der Waals surface area contributed by atoms with Gasteiger partial charge in [-0.1, -0.05) is 6.07 Å². The Morgan fingerprint density at radius 3 is 2.74 bits per heavy atom. The number of aromatic nitrogens is 1. The maximum atomic E-state index is 13.4. The van der Waals surface area contributed by atoms with E-state index in [1.807, 2.05) is 0 Å². The first kappa shape index (κ1) is 13.0. The Kier molecular flexibility index (Phi) is 4.07. The number of rotatable bonds is 5. The number of carbonyl (C=O) groups is 1. The van der Waals surface area contributed by atoms with Gasteiger partial charge in [-0.25, -0.2) is 9.37 Å². The molecule has 1 aromatic carbocycles. The molecule has 98 valence electrons. The molecule has 5 heteroatoms. The summed E-state index contributed by atoms with van der Waals surface area (Å²) in [5, 5.41) is 0. The maximum Gasteiger partial charge on any atom is 0.168 e. The van der Waals surface area contributed by atoms with E-state index in [0.717, 1.165) is 0 Å². The number of nitrogens with zero attached hydrogens (tertiary/aromatic N) is 1. The van der Waals surface area contributed by atoms with Crippen molar-refractivity contribution in [3.63, 3.8) is 0 Å². The maximum absolute atomic E-state index is 13.4. The second-order valence-electron chi connectivity index (χ2n) is 3.79. The van der Waals surface area contributed by atoms with Crippen LogP contribution >= 0.6 is 0 Å². The van der Waals surface area contributed by atoms with E-state index in [1.54, 1.807) is 24.3 Å². The van der Waals surface area contributed by atoms with Gasteiger partial charge in [0.2, 0.25) is 0 Å². The Morgan fingerprint density at radius 2 is 2.16 bits per heavy atom. The smallest absolute Gasteiger partial charge is 0.168 e. The molecule has 0 aliphatic heterocycles. The second kappa shape index (κ2) is 5.95. The molecule has 1 heterocycles. The van der Waals surface area contributed by atoms with Crippen LogP contribution in [0.5, 0.6) is 11.5 Å². The van der Waals surface area contributed by atoms with Crippen molar-refractivity contribution in [2.24, 2.45) is 0 Å². The molecule has 0 N–H and O–H groups in total. The average Bonchev–Trinajstić information content (AvgIpc) is 2.46. The number of pyridine rings is 1. The van der Waals surface area contributed by atoms with Crippen LogP contribution in [-0.2, 0) is 6.61 Å². The molecule has 0 radical (unpaired) electrons. The fourth-order valence-electron chi connectivity index (χ4n) is 1.51. The summed E-state index contributed by atoms with van der Waals surface area (Å²) < 4.78 is 23.7. The third kappa shape index (κ3) is 3.28. The molecule has 1 aromatic heterocycles. The van der Waals surface area contributed by atoms with Crippen LogP contribution in [0.15, 0.2) is 36.5 Å². The first-order valence-electron chi connectivity index (χ1n) is 5.59. The van der Waals surface area contributed by atoms with E-state index < -0.39 is 5.82 Å². The summed E-state index contributed by atoms with van der Waals surface area (Å²) in [6, 6.07) is 7.80. The van der Waals surface area contributed by atoms with Gasteiger partial charge in [0.05, 0.1) is 13.3 Å². The largest absolute Gasteiger partial charge is 0.494 e. The Hall–Kier alpha value is -2.43. The number of methoxy groups -OCH3 is 1. The summed E-state index contributed by atoms with van der Waals surface area (Å²) in [7, 11) is 1.41. The molecule has 0 saturated heterocycles. The van der Waals surface area contributed by atoms with Gasteiger partial charge in [-0.3, -0.25) is 4.79 Å². The van der Waals surface area contributed by atoms with Gasteiger partial charge in [-0.2, -0.15) is 0 Å². The summed E-state index contributed by atoms with van der Waals surface area (Å²) >= 11 is 0. The Bertz CT molecular complexity index is 569. The van der Waals surface area contributed by atoms with E-state index >= 15 is 0 Å². The van der Waals surface area contributed by atoms with Crippen LogP contribution in [0.2, 0.25) is 0 Å². The summed E-state index contributed by atoms with van der Waals surface area (Å²) in [4.78, 5) is 14.3. The number of hydrogen-bond acceptors (Lipinski definition) is 4. The zero-order valence-corrected chi connectivity index (χ0v) is 10.3. The van der Waals surface area contributed by atoms with Crippen LogP contribution in [0.25, 0.3) is 0 Å². The molecular weight excluding hydrogens is 249 g/mol. The first-order chi connectivity index (χ1) is 9.22. The Balaban J connectivity index is 2.01. The number of aldehydes is 1. The predicted molar refractivity (Wildman–Crippen MR) is 66.9 cm³/mol. The van der Waals surface area contributed by atoms with Crippen molar-refractivity contribution < 1.29 is 18.7 Å². The van der Waals surface area contributed by atoms with E-state index in [0.29, 0.717) is 23.3 Å². The average molecular weight is 261 g/mol. The van der Waals surface area contributed by atoms with Crippen molar-refractivity contribution in [1.29, 1.82) is 0 Å². The van der Waals surface area contributed by atoms with Crippen molar-refractivity contribution in [2.75, 3.05) is 7.11 Å². The highest BCUT2D eigenvalue weighted by Gasteiger charge is 2.04. The number of hydrogen-bond donors (Lipinski definition) is 0. The van der Waals surface area contributed by atoms with Crippen LogP contribution in [-0.4, -0.2) is 18.4 Å². The second-order valence-corrected chi connectivity index (χ2v) is 3.79. The van der Waals surface area contributed by atoms with Gasteiger partial charge in [0.25, 0.3) is 0 Å². The SMILES string of the molecule is COc1ccc(COc2ccc(C=O)nc2)cc1F. The fraction of sp³-hybridized carbons (Fsp3) is 0.143. The van der Waals surface area contributed by atoms with E-state index in [2.05, 4.69) is 4.98 Å². The summed E-state index contributed by atoms with van der Waals surface area (Å²) in [6.07, 6.45) is 2.10. The van der Waals surface area contributed by atoms with Crippen molar-refractivity contribution in [1.82, 2.24) is 4.98 Å². The number of benzene rings is 1. The minimum absolute atomic E-state index is 0.195. The van der Waals surface area contributed by atoms with Crippen LogP contribution in [0.4, 0.5) is 4.39 Å². The molecule has 0 aliphatic carbocycles. The lowest BCUT2D eigenvalue weighted by atomic mass is 10.2. The van der Waals surface area contributed by atoms with E-state index in [4.69, 9.17) is 9.47 Å². The standard InChI is InChI=1S/C14H12FNO3/c1-18-14-5-2-10(6-13(14)15)9-19-12-4-3-11(8-17)16-7-12/h2-8H,9H2,1H3. The fourth-order valence-corrected chi connectivity index (χ4v) is 1.51. The lowest BCUT2D eigenvalue weighted by molar-refractivity contribution is 0.111. The van der Waals surface area contributed by atoms with Crippen molar-refractivity contribution >= 4 is 6.29 Å². The lowest BCUT2D eigenvalue weighted by Crippen LogP contribution is -1.98.